The first-order chi connectivity index (χ1) is 8.56. The average molecular weight is 248 g/mol. The van der Waals surface area contributed by atoms with Gasteiger partial charge >= 0.3 is 0 Å². The van der Waals surface area contributed by atoms with Crippen molar-refractivity contribution < 1.29 is 4.74 Å². The van der Waals surface area contributed by atoms with Crippen LogP contribution in [-0.4, -0.2) is 11.6 Å². The first-order valence-corrected chi connectivity index (χ1v) is 6.93. The van der Waals surface area contributed by atoms with Crippen molar-refractivity contribution in [2.75, 3.05) is 6.61 Å². The van der Waals surface area contributed by atoms with E-state index in [1.807, 2.05) is 13.1 Å². The lowest BCUT2D eigenvalue weighted by atomic mass is 9.67. The molecule has 1 saturated carbocycles. The third kappa shape index (κ3) is 2.51. The second-order valence-electron chi connectivity index (χ2n) is 5.66. The molecule has 1 aliphatic rings. The highest BCUT2D eigenvalue weighted by Gasteiger charge is 2.38. The van der Waals surface area contributed by atoms with Crippen LogP contribution in [0.1, 0.15) is 45.6 Å². The van der Waals surface area contributed by atoms with Gasteiger partial charge in [-0.25, -0.2) is 0 Å². The van der Waals surface area contributed by atoms with Gasteiger partial charge < -0.3 is 10.5 Å². The minimum absolute atomic E-state index is 0.243. The van der Waals surface area contributed by atoms with E-state index in [0.717, 1.165) is 23.7 Å². The van der Waals surface area contributed by atoms with Gasteiger partial charge in [-0.05, 0) is 49.7 Å². The monoisotopic (exact) mass is 248 g/mol. The van der Waals surface area contributed by atoms with E-state index >= 15 is 0 Å². The van der Waals surface area contributed by atoms with Gasteiger partial charge in [-0.2, -0.15) is 0 Å². The minimum atomic E-state index is -0.243. The molecule has 0 saturated heterocycles. The SMILES string of the molecule is CCOc1cncc(C2(N)CCC(C)CC2C)c1. The summed E-state index contributed by atoms with van der Waals surface area (Å²) < 4.78 is 5.52. The van der Waals surface area contributed by atoms with Gasteiger partial charge in [0.15, 0.2) is 0 Å². The van der Waals surface area contributed by atoms with Crippen LogP contribution in [0, 0.1) is 11.8 Å². The van der Waals surface area contributed by atoms with Crippen molar-refractivity contribution in [1.82, 2.24) is 4.98 Å². The molecule has 0 radical (unpaired) electrons. The molecule has 1 heterocycles. The normalized spacial score (nSPS) is 32.2. The second kappa shape index (κ2) is 5.27. The fraction of sp³-hybridized carbons (Fsp3) is 0.667. The van der Waals surface area contributed by atoms with Crippen LogP contribution in [0.4, 0.5) is 0 Å². The molecule has 3 nitrogen and oxygen atoms in total. The maximum absolute atomic E-state index is 6.66. The highest BCUT2D eigenvalue weighted by atomic mass is 16.5. The molecule has 3 atom stereocenters. The predicted octanol–water partition coefficient (Wildman–Crippen LogP) is 3.09. The van der Waals surface area contributed by atoms with Crippen molar-refractivity contribution in [3.8, 4) is 5.75 Å². The van der Waals surface area contributed by atoms with E-state index < -0.39 is 0 Å². The van der Waals surface area contributed by atoms with Gasteiger partial charge in [-0.1, -0.05) is 13.8 Å². The van der Waals surface area contributed by atoms with Crippen LogP contribution in [0.2, 0.25) is 0 Å². The third-order valence-corrected chi connectivity index (χ3v) is 4.25. The number of hydrogen-bond acceptors (Lipinski definition) is 3. The molecule has 0 spiro atoms. The molecule has 1 aromatic rings. The fourth-order valence-corrected chi connectivity index (χ4v) is 3.01. The number of nitrogens with zero attached hydrogens (tertiary/aromatic N) is 1. The van der Waals surface area contributed by atoms with Crippen LogP contribution in [0.15, 0.2) is 18.5 Å². The Labute approximate surface area is 110 Å². The lowest BCUT2D eigenvalue weighted by molar-refractivity contribution is 0.163. The molecule has 2 rings (SSSR count). The zero-order chi connectivity index (χ0) is 13.2. The number of aromatic nitrogens is 1. The van der Waals surface area contributed by atoms with Gasteiger partial charge in [-0.15, -0.1) is 0 Å². The fourth-order valence-electron chi connectivity index (χ4n) is 3.01. The van der Waals surface area contributed by atoms with Crippen molar-refractivity contribution in [2.45, 2.75) is 45.6 Å². The molecule has 2 N–H and O–H groups in total. The van der Waals surface area contributed by atoms with E-state index in [1.165, 1.54) is 12.8 Å². The highest BCUT2D eigenvalue weighted by Crippen LogP contribution is 2.42. The number of pyridine rings is 1. The summed E-state index contributed by atoms with van der Waals surface area (Å²) in [5, 5.41) is 0. The van der Waals surface area contributed by atoms with E-state index in [1.54, 1.807) is 6.20 Å². The summed E-state index contributed by atoms with van der Waals surface area (Å²) in [6, 6.07) is 2.06. The van der Waals surface area contributed by atoms with Gasteiger partial charge in [-0.3, -0.25) is 4.98 Å². The topological polar surface area (TPSA) is 48.1 Å². The Bertz CT molecular complexity index is 407. The first kappa shape index (κ1) is 13.3. The van der Waals surface area contributed by atoms with Crippen LogP contribution >= 0.6 is 0 Å². The molecule has 0 aliphatic heterocycles. The molecule has 100 valence electrons. The maximum atomic E-state index is 6.66. The quantitative estimate of drug-likeness (QED) is 0.894. The summed E-state index contributed by atoms with van der Waals surface area (Å²) in [4.78, 5) is 4.27. The Morgan fingerprint density at radius 2 is 2.22 bits per heavy atom. The summed E-state index contributed by atoms with van der Waals surface area (Å²) in [5.41, 5.74) is 7.53. The van der Waals surface area contributed by atoms with Crippen LogP contribution in [0.3, 0.4) is 0 Å². The summed E-state index contributed by atoms with van der Waals surface area (Å²) >= 11 is 0. The summed E-state index contributed by atoms with van der Waals surface area (Å²) in [5.74, 6) is 2.09. The second-order valence-corrected chi connectivity index (χ2v) is 5.66. The van der Waals surface area contributed by atoms with Crippen molar-refractivity contribution in [3.05, 3.63) is 24.0 Å². The molecule has 3 unspecified atom stereocenters. The van der Waals surface area contributed by atoms with E-state index in [-0.39, 0.29) is 5.54 Å². The predicted molar refractivity (Wildman–Crippen MR) is 73.5 cm³/mol. The van der Waals surface area contributed by atoms with Crippen molar-refractivity contribution in [3.63, 3.8) is 0 Å². The van der Waals surface area contributed by atoms with Crippen molar-refractivity contribution in [2.24, 2.45) is 17.6 Å². The van der Waals surface area contributed by atoms with Crippen LogP contribution in [0.5, 0.6) is 5.75 Å². The molecule has 1 aromatic heterocycles. The molecular formula is C15H24N2O. The zero-order valence-corrected chi connectivity index (χ0v) is 11.6. The first-order valence-electron chi connectivity index (χ1n) is 6.93. The summed E-state index contributed by atoms with van der Waals surface area (Å²) in [6.45, 7) is 7.21. The summed E-state index contributed by atoms with van der Waals surface area (Å²) in [6.07, 6.45) is 7.07. The van der Waals surface area contributed by atoms with Gasteiger partial charge in [0.2, 0.25) is 0 Å². The Morgan fingerprint density at radius 3 is 2.89 bits per heavy atom. The van der Waals surface area contributed by atoms with E-state index in [4.69, 9.17) is 10.5 Å². The molecule has 1 aliphatic carbocycles. The van der Waals surface area contributed by atoms with Gasteiger partial charge in [0.1, 0.15) is 5.75 Å². The van der Waals surface area contributed by atoms with E-state index in [2.05, 4.69) is 24.9 Å². The lowest BCUT2D eigenvalue weighted by Gasteiger charge is -2.42. The molecule has 0 aromatic carbocycles. The molecule has 18 heavy (non-hydrogen) atoms. The van der Waals surface area contributed by atoms with Crippen LogP contribution in [0.25, 0.3) is 0 Å². The van der Waals surface area contributed by atoms with Gasteiger partial charge in [0, 0.05) is 11.7 Å². The number of nitrogens with two attached hydrogens (primary N) is 1. The van der Waals surface area contributed by atoms with Crippen LogP contribution < -0.4 is 10.5 Å². The standard InChI is InChI=1S/C15H24N2O/c1-4-18-14-8-13(9-17-10-14)15(16)6-5-11(2)7-12(15)3/h8-12H,4-7,16H2,1-3H3. The molecule has 3 heteroatoms. The Hall–Kier alpha value is -1.09. The Morgan fingerprint density at radius 1 is 1.44 bits per heavy atom. The van der Waals surface area contributed by atoms with Crippen molar-refractivity contribution >= 4 is 0 Å². The third-order valence-electron chi connectivity index (χ3n) is 4.25. The number of rotatable bonds is 3. The van der Waals surface area contributed by atoms with Gasteiger partial charge in [0.05, 0.1) is 12.8 Å². The molecular weight excluding hydrogens is 224 g/mol. The molecule has 0 amide bonds. The largest absolute Gasteiger partial charge is 0.492 e. The lowest BCUT2D eigenvalue weighted by Crippen LogP contribution is -2.46. The van der Waals surface area contributed by atoms with E-state index in [9.17, 15) is 0 Å². The van der Waals surface area contributed by atoms with Crippen molar-refractivity contribution in [1.29, 1.82) is 0 Å². The number of hydrogen-bond donors (Lipinski definition) is 1. The Kier molecular flexibility index (Phi) is 3.91. The number of ether oxygens (including phenoxy) is 1. The zero-order valence-electron chi connectivity index (χ0n) is 11.6. The minimum Gasteiger partial charge on any atom is -0.492 e. The molecule has 0 bridgehead atoms. The summed E-state index contributed by atoms with van der Waals surface area (Å²) in [7, 11) is 0. The average Bonchev–Trinajstić information content (AvgIpc) is 2.35. The highest BCUT2D eigenvalue weighted by molar-refractivity contribution is 5.30. The van der Waals surface area contributed by atoms with E-state index in [0.29, 0.717) is 12.5 Å². The maximum Gasteiger partial charge on any atom is 0.137 e. The molecule has 1 fully saturated rings. The smallest absolute Gasteiger partial charge is 0.137 e. The van der Waals surface area contributed by atoms with Gasteiger partial charge in [0.25, 0.3) is 0 Å². The van der Waals surface area contributed by atoms with Crippen LogP contribution in [-0.2, 0) is 5.54 Å². The Balaban J connectivity index is 2.26.